The lowest BCUT2D eigenvalue weighted by atomic mass is 9.83. The summed E-state index contributed by atoms with van der Waals surface area (Å²) in [7, 11) is 0. The number of fused-ring (bicyclic) bond motifs is 1. The first-order valence-electron chi connectivity index (χ1n) is 8.16. The average Bonchev–Trinajstić information content (AvgIpc) is 2.98. The molecule has 0 unspecified atom stereocenters. The third kappa shape index (κ3) is 2.67. The molecular formula is C20H21NO. The largest absolute Gasteiger partial charge is 0.461 e. The minimum absolute atomic E-state index is 0.433. The van der Waals surface area contributed by atoms with Crippen LogP contribution in [0.4, 0.5) is 0 Å². The molecule has 0 amide bonds. The van der Waals surface area contributed by atoms with Gasteiger partial charge in [-0.05, 0) is 43.0 Å². The van der Waals surface area contributed by atoms with Gasteiger partial charge in [-0.3, -0.25) is 0 Å². The topological polar surface area (TPSA) is 25.2 Å². The minimum atomic E-state index is 0.433. The Morgan fingerprint density at radius 1 is 1.00 bits per heavy atom. The van der Waals surface area contributed by atoms with E-state index in [0.29, 0.717) is 12.0 Å². The maximum Gasteiger partial charge on any atom is 0.134 e. The van der Waals surface area contributed by atoms with Crippen LogP contribution in [0.1, 0.15) is 30.2 Å². The number of nitrogens with one attached hydrogen (secondary N) is 1. The average molecular weight is 291 g/mol. The molecule has 2 nitrogen and oxygen atoms in total. The van der Waals surface area contributed by atoms with Crippen molar-refractivity contribution in [1.29, 1.82) is 0 Å². The van der Waals surface area contributed by atoms with Crippen LogP contribution < -0.4 is 5.32 Å². The van der Waals surface area contributed by atoms with Crippen molar-refractivity contribution >= 4 is 11.0 Å². The molecule has 2 aromatic carbocycles. The molecule has 22 heavy (non-hydrogen) atoms. The summed E-state index contributed by atoms with van der Waals surface area (Å²) in [5.74, 6) is 1.70. The molecule has 2 atom stereocenters. The van der Waals surface area contributed by atoms with Crippen LogP contribution in [0, 0.1) is 5.92 Å². The molecule has 112 valence electrons. The van der Waals surface area contributed by atoms with Gasteiger partial charge in [0.2, 0.25) is 0 Å². The van der Waals surface area contributed by atoms with Crippen LogP contribution in [-0.4, -0.2) is 6.54 Å². The van der Waals surface area contributed by atoms with E-state index in [-0.39, 0.29) is 0 Å². The van der Waals surface area contributed by atoms with Gasteiger partial charge >= 0.3 is 0 Å². The first-order valence-corrected chi connectivity index (χ1v) is 8.16. The summed E-state index contributed by atoms with van der Waals surface area (Å²) in [6.07, 6.45) is 3.50. The fourth-order valence-corrected chi connectivity index (χ4v) is 3.62. The lowest BCUT2D eigenvalue weighted by Crippen LogP contribution is -2.35. The summed E-state index contributed by atoms with van der Waals surface area (Å²) in [5.41, 5.74) is 2.39. The fraction of sp³-hybridized carbons (Fsp3) is 0.300. The molecular weight excluding hydrogens is 270 g/mol. The van der Waals surface area contributed by atoms with E-state index in [1.807, 2.05) is 12.1 Å². The molecule has 1 aromatic heterocycles. The van der Waals surface area contributed by atoms with E-state index in [1.54, 1.807) is 0 Å². The van der Waals surface area contributed by atoms with Crippen LogP contribution in [0.15, 0.2) is 65.1 Å². The van der Waals surface area contributed by atoms with Crippen molar-refractivity contribution in [3.05, 3.63) is 72.0 Å². The Bertz CT molecular complexity index is 714. The van der Waals surface area contributed by atoms with E-state index in [9.17, 15) is 0 Å². The predicted octanol–water partition coefficient (Wildman–Crippen LogP) is 4.72. The van der Waals surface area contributed by atoms with Crippen LogP contribution in [0.25, 0.3) is 11.0 Å². The quantitative estimate of drug-likeness (QED) is 0.755. The maximum atomic E-state index is 6.03. The van der Waals surface area contributed by atoms with E-state index in [4.69, 9.17) is 4.42 Å². The zero-order valence-electron chi connectivity index (χ0n) is 12.7. The van der Waals surface area contributed by atoms with E-state index in [1.165, 1.54) is 23.8 Å². The van der Waals surface area contributed by atoms with Crippen LogP contribution in [0.3, 0.4) is 0 Å². The van der Waals surface area contributed by atoms with Crippen LogP contribution in [-0.2, 0) is 6.42 Å². The van der Waals surface area contributed by atoms with Gasteiger partial charge in [-0.15, -0.1) is 0 Å². The van der Waals surface area contributed by atoms with Gasteiger partial charge in [0.05, 0.1) is 0 Å². The van der Waals surface area contributed by atoms with E-state index in [2.05, 4.69) is 53.8 Å². The number of rotatable bonds is 3. The summed E-state index contributed by atoms with van der Waals surface area (Å²) in [6.45, 7) is 1.11. The normalized spacial score (nSPS) is 22.0. The Morgan fingerprint density at radius 3 is 2.68 bits per heavy atom. The molecule has 1 N–H and O–H groups in total. The Hall–Kier alpha value is -2.06. The van der Waals surface area contributed by atoms with Gasteiger partial charge in [0.25, 0.3) is 0 Å². The van der Waals surface area contributed by atoms with Gasteiger partial charge in [0.15, 0.2) is 0 Å². The van der Waals surface area contributed by atoms with Crippen molar-refractivity contribution in [2.75, 3.05) is 6.54 Å². The van der Waals surface area contributed by atoms with Crippen molar-refractivity contribution in [2.24, 2.45) is 5.92 Å². The Labute approximate surface area is 131 Å². The van der Waals surface area contributed by atoms with Crippen molar-refractivity contribution in [3.63, 3.8) is 0 Å². The summed E-state index contributed by atoms with van der Waals surface area (Å²) in [6, 6.07) is 21.7. The Balaban J connectivity index is 1.59. The first-order chi connectivity index (χ1) is 10.9. The van der Waals surface area contributed by atoms with Crippen molar-refractivity contribution < 1.29 is 4.42 Å². The fourth-order valence-electron chi connectivity index (χ4n) is 3.62. The van der Waals surface area contributed by atoms with Crippen LogP contribution in [0.5, 0.6) is 0 Å². The highest BCUT2D eigenvalue weighted by atomic mass is 16.3. The highest BCUT2D eigenvalue weighted by Crippen LogP contribution is 2.33. The number of furan rings is 1. The lowest BCUT2D eigenvalue weighted by molar-refractivity contribution is 0.271. The van der Waals surface area contributed by atoms with Gasteiger partial charge in [0.1, 0.15) is 11.3 Å². The second-order valence-electron chi connectivity index (χ2n) is 6.20. The number of para-hydroxylation sites is 1. The molecule has 0 spiro atoms. The molecule has 4 rings (SSSR count). The van der Waals surface area contributed by atoms with Crippen LogP contribution in [0.2, 0.25) is 0 Å². The van der Waals surface area contributed by atoms with E-state index in [0.717, 1.165) is 24.3 Å². The van der Waals surface area contributed by atoms with Gasteiger partial charge in [-0.2, -0.15) is 0 Å². The standard InChI is InChI=1S/C20H21NO/c1-2-7-15(8-3-1)20-17(10-6-12-21-20)14-18-13-16-9-4-5-11-19(16)22-18/h1-5,7-9,11,13,17,20-21H,6,10,12,14H2/t17-,20-/m1/s1. The SMILES string of the molecule is c1ccc([C@H]2NCCC[C@@H]2Cc2cc3ccccc3o2)cc1. The Kier molecular flexibility index (Phi) is 3.69. The number of benzene rings is 2. The Morgan fingerprint density at radius 2 is 1.82 bits per heavy atom. The maximum absolute atomic E-state index is 6.03. The lowest BCUT2D eigenvalue weighted by Gasteiger charge is -2.32. The summed E-state index contributed by atoms with van der Waals surface area (Å²) in [5, 5.41) is 4.90. The zero-order chi connectivity index (χ0) is 14.8. The molecule has 3 aromatic rings. The third-order valence-electron chi connectivity index (χ3n) is 4.69. The van der Waals surface area contributed by atoms with E-state index >= 15 is 0 Å². The van der Waals surface area contributed by atoms with Gasteiger partial charge in [0, 0.05) is 17.8 Å². The second kappa shape index (κ2) is 5.98. The second-order valence-corrected chi connectivity index (χ2v) is 6.20. The molecule has 0 radical (unpaired) electrons. The summed E-state index contributed by atoms with van der Waals surface area (Å²) < 4.78 is 6.03. The zero-order valence-corrected chi connectivity index (χ0v) is 12.7. The number of hydrogen-bond acceptors (Lipinski definition) is 2. The van der Waals surface area contributed by atoms with Gasteiger partial charge < -0.3 is 9.73 Å². The molecule has 1 aliphatic rings. The monoisotopic (exact) mass is 291 g/mol. The molecule has 2 heterocycles. The highest BCUT2D eigenvalue weighted by Gasteiger charge is 2.27. The number of hydrogen-bond donors (Lipinski definition) is 1. The van der Waals surface area contributed by atoms with E-state index < -0.39 is 0 Å². The third-order valence-corrected chi connectivity index (χ3v) is 4.69. The highest BCUT2D eigenvalue weighted by molar-refractivity contribution is 5.77. The minimum Gasteiger partial charge on any atom is -0.461 e. The summed E-state index contributed by atoms with van der Waals surface area (Å²) >= 11 is 0. The molecule has 2 heteroatoms. The van der Waals surface area contributed by atoms with Gasteiger partial charge in [-0.1, -0.05) is 48.5 Å². The van der Waals surface area contributed by atoms with Crippen LogP contribution >= 0.6 is 0 Å². The molecule has 0 saturated carbocycles. The first kappa shape index (κ1) is 13.6. The van der Waals surface area contributed by atoms with Crippen molar-refractivity contribution in [3.8, 4) is 0 Å². The molecule has 1 fully saturated rings. The molecule has 1 aliphatic heterocycles. The molecule has 0 aliphatic carbocycles. The van der Waals surface area contributed by atoms with Gasteiger partial charge in [-0.25, -0.2) is 0 Å². The van der Waals surface area contributed by atoms with Crippen molar-refractivity contribution in [2.45, 2.75) is 25.3 Å². The molecule has 1 saturated heterocycles. The summed E-state index contributed by atoms with van der Waals surface area (Å²) in [4.78, 5) is 0. The van der Waals surface area contributed by atoms with Crippen molar-refractivity contribution in [1.82, 2.24) is 5.32 Å². The smallest absolute Gasteiger partial charge is 0.134 e. The predicted molar refractivity (Wildman–Crippen MR) is 89.8 cm³/mol. The number of piperidine rings is 1. The molecule has 0 bridgehead atoms.